The van der Waals surface area contributed by atoms with Crippen LogP contribution < -0.4 is 0 Å². The first-order valence-corrected chi connectivity index (χ1v) is 2.00. The monoisotopic (exact) mass is 161 g/mol. The minimum absolute atomic E-state index is 1.97. The standard InChI is InChI=1S/C4H2F5O/c1-2(10)3(5,6)4(7,8)9/h1H2. The second kappa shape index (κ2) is 2.17. The van der Waals surface area contributed by atoms with Crippen molar-refractivity contribution < 1.29 is 26.7 Å². The average Bonchev–Trinajstić information content (AvgIpc) is 1.62. The number of Topliss-reactive ketones (excluding diaryl/α,β-unsaturated/α-hetero) is 1. The predicted octanol–water partition coefficient (Wildman–Crippen LogP) is 1.59. The Morgan fingerprint density at radius 2 is 1.40 bits per heavy atom. The lowest BCUT2D eigenvalue weighted by atomic mass is 10.2. The van der Waals surface area contributed by atoms with Crippen LogP contribution in [0, 0.1) is 6.92 Å². The zero-order valence-electron chi connectivity index (χ0n) is 4.51. The highest BCUT2D eigenvalue weighted by atomic mass is 19.4. The summed E-state index contributed by atoms with van der Waals surface area (Å²) in [7, 11) is 0. The van der Waals surface area contributed by atoms with Gasteiger partial charge in [-0.05, 0) is 0 Å². The molecule has 0 aliphatic rings. The Hall–Kier alpha value is -0.680. The largest absolute Gasteiger partial charge is 0.461 e. The lowest BCUT2D eigenvalue weighted by Crippen LogP contribution is -2.42. The maximum Gasteiger partial charge on any atom is 0.461 e. The van der Waals surface area contributed by atoms with Gasteiger partial charge in [0.05, 0.1) is 0 Å². The first-order chi connectivity index (χ1) is 4.19. The number of rotatable bonds is 1. The van der Waals surface area contributed by atoms with Crippen molar-refractivity contribution >= 4 is 5.78 Å². The van der Waals surface area contributed by atoms with E-state index in [9.17, 15) is 26.7 Å². The minimum Gasteiger partial charge on any atom is -0.293 e. The zero-order chi connectivity index (χ0) is 8.58. The van der Waals surface area contributed by atoms with Crippen LogP contribution in [-0.2, 0) is 4.79 Å². The molecule has 6 heteroatoms. The third kappa shape index (κ3) is 1.43. The van der Waals surface area contributed by atoms with E-state index in [4.69, 9.17) is 0 Å². The van der Waals surface area contributed by atoms with Crippen LogP contribution in [0.5, 0.6) is 0 Å². The van der Waals surface area contributed by atoms with Gasteiger partial charge in [0.2, 0.25) is 5.78 Å². The molecular weight excluding hydrogens is 159 g/mol. The van der Waals surface area contributed by atoms with Gasteiger partial charge in [-0.2, -0.15) is 22.0 Å². The van der Waals surface area contributed by atoms with Gasteiger partial charge in [0, 0.05) is 6.92 Å². The summed E-state index contributed by atoms with van der Waals surface area (Å²) in [6.45, 7) is 1.97. The van der Waals surface area contributed by atoms with E-state index in [1.807, 2.05) is 6.92 Å². The summed E-state index contributed by atoms with van der Waals surface area (Å²) in [5.74, 6) is -7.76. The summed E-state index contributed by atoms with van der Waals surface area (Å²) in [4.78, 5) is 9.53. The molecule has 1 nitrogen and oxygen atoms in total. The van der Waals surface area contributed by atoms with Crippen LogP contribution in [0.15, 0.2) is 0 Å². The number of alkyl halides is 5. The third-order valence-corrected chi connectivity index (χ3v) is 0.706. The van der Waals surface area contributed by atoms with Crippen molar-refractivity contribution in [3.8, 4) is 0 Å². The smallest absolute Gasteiger partial charge is 0.293 e. The minimum atomic E-state index is -5.83. The number of ketones is 1. The molecule has 0 aliphatic carbocycles. The number of hydrogen-bond acceptors (Lipinski definition) is 1. The van der Waals surface area contributed by atoms with Gasteiger partial charge < -0.3 is 0 Å². The normalized spacial score (nSPS) is 13.4. The SMILES string of the molecule is [CH2]C(=O)C(F)(F)C(F)(F)F. The molecule has 0 atom stereocenters. The molecule has 0 heterocycles. The Bertz CT molecular complexity index is 146. The Morgan fingerprint density at radius 3 is 1.40 bits per heavy atom. The molecule has 0 rings (SSSR count). The molecular formula is C4H2F5O. The van der Waals surface area contributed by atoms with Gasteiger partial charge in [-0.15, -0.1) is 0 Å². The van der Waals surface area contributed by atoms with Gasteiger partial charge in [0.1, 0.15) is 0 Å². The van der Waals surface area contributed by atoms with Crippen LogP contribution in [0.1, 0.15) is 0 Å². The second-order valence-electron chi connectivity index (χ2n) is 1.50. The maximum atomic E-state index is 11.5. The number of carbonyl (C=O) groups is 1. The van der Waals surface area contributed by atoms with Crippen molar-refractivity contribution in [1.82, 2.24) is 0 Å². The predicted molar refractivity (Wildman–Crippen MR) is 21.4 cm³/mol. The topological polar surface area (TPSA) is 17.1 Å². The van der Waals surface area contributed by atoms with E-state index in [1.165, 1.54) is 0 Å². The highest BCUT2D eigenvalue weighted by Gasteiger charge is 2.61. The van der Waals surface area contributed by atoms with E-state index in [2.05, 4.69) is 0 Å². The Morgan fingerprint density at radius 1 is 1.10 bits per heavy atom. The molecule has 0 amide bonds. The van der Waals surface area contributed by atoms with E-state index in [1.54, 1.807) is 0 Å². The molecule has 0 spiro atoms. The van der Waals surface area contributed by atoms with E-state index >= 15 is 0 Å². The fourth-order valence-corrected chi connectivity index (χ4v) is 0.158. The van der Waals surface area contributed by atoms with Crippen molar-refractivity contribution in [2.45, 2.75) is 12.1 Å². The quantitative estimate of drug-likeness (QED) is 0.533. The van der Waals surface area contributed by atoms with Crippen LogP contribution >= 0.6 is 0 Å². The van der Waals surface area contributed by atoms with Gasteiger partial charge in [-0.25, -0.2) is 0 Å². The zero-order valence-corrected chi connectivity index (χ0v) is 4.51. The van der Waals surface area contributed by atoms with Crippen LogP contribution in [0.4, 0.5) is 22.0 Å². The third-order valence-electron chi connectivity index (χ3n) is 0.706. The molecule has 0 unspecified atom stereocenters. The van der Waals surface area contributed by atoms with Gasteiger partial charge >= 0.3 is 12.1 Å². The number of carbonyl (C=O) groups excluding carboxylic acids is 1. The molecule has 0 aromatic heterocycles. The molecule has 0 aliphatic heterocycles. The summed E-state index contributed by atoms with van der Waals surface area (Å²) in [5.41, 5.74) is 0. The summed E-state index contributed by atoms with van der Waals surface area (Å²) in [6.07, 6.45) is -5.83. The average molecular weight is 161 g/mol. The van der Waals surface area contributed by atoms with E-state index in [-0.39, 0.29) is 0 Å². The van der Waals surface area contributed by atoms with Crippen molar-refractivity contribution in [3.63, 3.8) is 0 Å². The van der Waals surface area contributed by atoms with Crippen molar-refractivity contribution in [2.75, 3.05) is 0 Å². The highest BCUT2D eigenvalue weighted by Crippen LogP contribution is 2.35. The molecule has 0 N–H and O–H groups in total. The molecule has 0 saturated heterocycles. The Balaban J connectivity index is 4.57. The second-order valence-corrected chi connectivity index (χ2v) is 1.50. The van der Waals surface area contributed by atoms with E-state index < -0.39 is 17.9 Å². The van der Waals surface area contributed by atoms with Gasteiger partial charge in [0.15, 0.2) is 0 Å². The van der Waals surface area contributed by atoms with Gasteiger partial charge in [-0.3, -0.25) is 4.79 Å². The van der Waals surface area contributed by atoms with Crippen LogP contribution in [0.3, 0.4) is 0 Å². The van der Waals surface area contributed by atoms with Crippen LogP contribution in [0.25, 0.3) is 0 Å². The molecule has 0 bridgehead atoms. The number of halogens is 5. The summed E-state index contributed by atoms with van der Waals surface area (Å²) >= 11 is 0. The van der Waals surface area contributed by atoms with Crippen LogP contribution in [-0.4, -0.2) is 17.9 Å². The molecule has 0 aromatic rings. The summed E-state index contributed by atoms with van der Waals surface area (Å²) < 4.78 is 56.3. The van der Waals surface area contributed by atoms with Crippen molar-refractivity contribution in [2.24, 2.45) is 0 Å². The van der Waals surface area contributed by atoms with Gasteiger partial charge in [-0.1, -0.05) is 0 Å². The van der Waals surface area contributed by atoms with Crippen LogP contribution in [0.2, 0.25) is 0 Å². The highest BCUT2D eigenvalue weighted by molar-refractivity contribution is 5.90. The first kappa shape index (κ1) is 9.32. The van der Waals surface area contributed by atoms with E-state index in [0.717, 1.165) is 0 Å². The molecule has 10 heavy (non-hydrogen) atoms. The summed E-state index contributed by atoms with van der Waals surface area (Å²) in [6, 6.07) is 0. The summed E-state index contributed by atoms with van der Waals surface area (Å²) in [5, 5.41) is 0. The molecule has 0 aromatic carbocycles. The molecule has 59 valence electrons. The molecule has 0 saturated carbocycles. The fourth-order valence-electron chi connectivity index (χ4n) is 0.158. The Labute approximate surface area is 52.8 Å². The first-order valence-electron chi connectivity index (χ1n) is 2.00. The fraction of sp³-hybridized carbons (Fsp3) is 0.500. The maximum absolute atomic E-state index is 11.5. The lowest BCUT2D eigenvalue weighted by molar-refractivity contribution is -0.266. The van der Waals surface area contributed by atoms with Gasteiger partial charge in [0.25, 0.3) is 0 Å². The molecule has 1 radical (unpaired) electrons. The van der Waals surface area contributed by atoms with Crippen molar-refractivity contribution in [3.05, 3.63) is 6.92 Å². The van der Waals surface area contributed by atoms with E-state index in [0.29, 0.717) is 0 Å². The molecule has 0 fully saturated rings. The van der Waals surface area contributed by atoms with Crippen molar-refractivity contribution in [1.29, 1.82) is 0 Å². The lowest BCUT2D eigenvalue weighted by Gasteiger charge is -2.15. The number of hydrogen-bond donors (Lipinski definition) is 0. The Kier molecular flexibility index (Phi) is 2.03.